The minimum absolute atomic E-state index is 0.286. The average Bonchev–Trinajstić information content (AvgIpc) is 2.94. The number of imide groups is 1. The van der Waals surface area contributed by atoms with Gasteiger partial charge in [-0.25, -0.2) is 4.90 Å². The van der Waals surface area contributed by atoms with Crippen molar-refractivity contribution in [2.45, 2.75) is 0 Å². The molecule has 2 aromatic rings. The summed E-state index contributed by atoms with van der Waals surface area (Å²) in [5.74, 6) is 0.944. The summed E-state index contributed by atoms with van der Waals surface area (Å²) in [6.45, 7) is 0. The highest BCUT2D eigenvalue weighted by Crippen LogP contribution is 2.41. The van der Waals surface area contributed by atoms with Gasteiger partial charge in [-0.1, -0.05) is 17.7 Å². The van der Waals surface area contributed by atoms with Gasteiger partial charge in [0.1, 0.15) is 0 Å². The zero-order valence-corrected chi connectivity index (χ0v) is 16.4. The largest absolute Gasteiger partial charge is 0.493 e. The molecule has 0 atom stereocenters. The van der Waals surface area contributed by atoms with Gasteiger partial charge in [0.25, 0.3) is 11.1 Å². The van der Waals surface area contributed by atoms with Crippen molar-refractivity contribution >= 4 is 46.3 Å². The van der Waals surface area contributed by atoms with Gasteiger partial charge in [0, 0.05) is 5.02 Å². The predicted molar refractivity (Wildman–Crippen MR) is 106 cm³/mol. The van der Waals surface area contributed by atoms with Crippen LogP contribution in [0.1, 0.15) is 5.56 Å². The Morgan fingerprint density at radius 1 is 1.00 bits per heavy atom. The fraction of sp³-hybridized carbons (Fsp3) is 0.158. The van der Waals surface area contributed by atoms with E-state index in [1.54, 1.807) is 42.5 Å². The molecule has 2 aromatic carbocycles. The second-order valence-electron chi connectivity index (χ2n) is 5.46. The Balaban J connectivity index is 1.99. The average molecular weight is 406 g/mol. The highest BCUT2D eigenvalue weighted by molar-refractivity contribution is 8.19. The van der Waals surface area contributed by atoms with Crippen LogP contribution in [0.25, 0.3) is 6.08 Å². The molecule has 0 bridgehead atoms. The molecule has 1 saturated heterocycles. The van der Waals surface area contributed by atoms with E-state index in [-0.39, 0.29) is 10.1 Å². The van der Waals surface area contributed by atoms with E-state index in [2.05, 4.69) is 0 Å². The zero-order valence-electron chi connectivity index (χ0n) is 14.8. The molecule has 27 heavy (non-hydrogen) atoms. The van der Waals surface area contributed by atoms with Crippen molar-refractivity contribution in [3.05, 3.63) is 51.9 Å². The highest BCUT2D eigenvalue weighted by Gasteiger charge is 2.36. The summed E-state index contributed by atoms with van der Waals surface area (Å²) >= 11 is 6.83. The number of carbonyl (C=O) groups excluding carboxylic acids is 2. The molecule has 0 aliphatic carbocycles. The van der Waals surface area contributed by atoms with Crippen LogP contribution in [0.5, 0.6) is 17.2 Å². The van der Waals surface area contributed by atoms with E-state index in [1.807, 2.05) is 0 Å². The first-order valence-electron chi connectivity index (χ1n) is 7.82. The Bertz CT molecular complexity index is 918. The normalized spacial score (nSPS) is 15.4. The molecule has 0 N–H and O–H groups in total. The number of anilines is 1. The lowest BCUT2D eigenvalue weighted by molar-refractivity contribution is -0.113. The summed E-state index contributed by atoms with van der Waals surface area (Å²) in [6.07, 6.45) is 1.61. The second-order valence-corrected chi connectivity index (χ2v) is 6.89. The maximum Gasteiger partial charge on any atom is 0.298 e. The summed E-state index contributed by atoms with van der Waals surface area (Å²) in [5, 5.41) is 0.0566. The lowest BCUT2D eigenvalue weighted by Crippen LogP contribution is -2.27. The van der Waals surface area contributed by atoms with Crippen LogP contribution in [0.3, 0.4) is 0 Å². The minimum Gasteiger partial charge on any atom is -0.493 e. The van der Waals surface area contributed by atoms with E-state index in [9.17, 15) is 9.59 Å². The first kappa shape index (κ1) is 19.1. The lowest BCUT2D eigenvalue weighted by Gasteiger charge is -2.13. The van der Waals surface area contributed by atoms with Crippen LogP contribution >= 0.6 is 23.4 Å². The highest BCUT2D eigenvalue weighted by atomic mass is 35.5. The molecule has 3 rings (SSSR count). The number of halogens is 1. The van der Waals surface area contributed by atoms with Gasteiger partial charge < -0.3 is 14.2 Å². The number of methoxy groups -OCH3 is 3. The molecular formula is C19H16ClNO5S. The topological polar surface area (TPSA) is 65.1 Å². The molecule has 0 radical (unpaired) electrons. The van der Waals surface area contributed by atoms with E-state index in [0.717, 1.165) is 16.7 Å². The van der Waals surface area contributed by atoms with Gasteiger partial charge in [-0.3, -0.25) is 9.59 Å². The first-order valence-corrected chi connectivity index (χ1v) is 9.01. The Hall–Kier alpha value is -2.64. The molecule has 0 aromatic heterocycles. The first-order chi connectivity index (χ1) is 13.0. The zero-order chi connectivity index (χ0) is 19.6. The van der Waals surface area contributed by atoms with E-state index < -0.39 is 5.91 Å². The van der Waals surface area contributed by atoms with Gasteiger partial charge >= 0.3 is 0 Å². The van der Waals surface area contributed by atoms with Gasteiger partial charge in [-0.15, -0.1) is 0 Å². The maximum atomic E-state index is 12.7. The molecule has 1 heterocycles. The Labute approximate surface area is 165 Å². The molecule has 8 heteroatoms. The fourth-order valence-corrected chi connectivity index (χ4v) is 3.67. The maximum absolute atomic E-state index is 12.7. The number of nitrogens with zero attached hydrogens (tertiary/aromatic N) is 1. The number of amides is 2. The molecule has 1 aliphatic rings. The van der Waals surface area contributed by atoms with Gasteiger partial charge in [-0.2, -0.15) is 0 Å². The molecular weight excluding hydrogens is 390 g/mol. The number of benzene rings is 2. The third-order valence-corrected chi connectivity index (χ3v) is 4.95. The Morgan fingerprint density at radius 3 is 2.22 bits per heavy atom. The summed E-state index contributed by atoms with van der Waals surface area (Å²) in [6, 6.07) is 9.99. The van der Waals surface area contributed by atoms with Gasteiger partial charge in [0.2, 0.25) is 5.75 Å². The van der Waals surface area contributed by atoms with Crippen LogP contribution in [-0.4, -0.2) is 32.5 Å². The molecule has 140 valence electrons. The summed E-state index contributed by atoms with van der Waals surface area (Å²) in [4.78, 5) is 26.5. The molecule has 0 unspecified atom stereocenters. The van der Waals surface area contributed by atoms with Crippen molar-refractivity contribution in [2.75, 3.05) is 26.2 Å². The van der Waals surface area contributed by atoms with Crippen LogP contribution < -0.4 is 19.1 Å². The van der Waals surface area contributed by atoms with Crippen molar-refractivity contribution in [1.82, 2.24) is 0 Å². The van der Waals surface area contributed by atoms with Crippen molar-refractivity contribution in [3.8, 4) is 17.2 Å². The number of rotatable bonds is 5. The molecule has 1 aliphatic heterocycles. The van der Waals surface area contributed by atoms with Crippen molar-refractivity contribution in [1.29, 1.82) is 0 Å². The third-order valence-electron chi connectivity index (χ3n) is 3.84. The Kier molecular flexibility index (Phi) is 5.62. The van der Waals surface area contributed by atoms with Crippen molar-refractivity contribution in [2.24, 2.45) is 0 Å². The van der Waals surface area contributed by atoms with Crippen molar-refractivity contribution < 1.29 is 23.8 Å². The quantitative estimate of drug-likeness (QED) is 0.677. The summed E-state index contributed by atoms with van der Waals surface area (Å²) < 4.78 is 15.9. The van der Waals surface area contributed by atoms with Gasteiger partial charge in [0.15, 0.2) is 11.5 Å². The number of ether oxygens (including phenoxy) is 3. The van der Waals surface area contributed by atoms with E-state index in [1.165, 1.54) is 21.3 Å². The fourth-order valence-electron chi connectivity index (χ4n) is 2.64. The standard InChI is InChI=1S/C19H16ClNO5S/c1-24-14-7-11(8-15(25-2)17(14)26-3)9-16-18(22)21(19(23)27-16)13-6-4-5-12(20)10-13/h4-10H,1-3H3/b16-9+. The van der Waals surface area contributed by atoms with Crippen LogP contribution in [0, 0.1) is 0 Å². The van der Waals surface area contributed by atoms with Crippen LogP contribution in [0.4, 0.5) is 10.5 Å². The van der Waals surface area contributed by atoms with Crippen LogP contribution in [0.15, 0.2) is 41.3 Å². The molecule has 1 fully saturated rings. The number of carbonyl (C=O) groups is 2. The summed E-state index contributed by atoms with van der Waals surface area (Å²) in [5.41, 5.74) is 1.07. The predicted octanol–water partition coefficient (Wildman–Crippen LogP) is 4.61. The second kappa shape index (κ2) is 7.94. The monoisotopic (exact) mass is 405 g/mol. The third kappa shape index (κ3) is 3.74. The molecule has 2 amide bonds. The van der Waals surface area contributed by atoms with Crippen LogP contribution in [0.2, 0.25) is 5.02 Å². The number of thioether (sulfide) groups is 1. The minimum atomic E-state index is -0.416. The molecule has 0 spiro atoms. The lowest BCUT2D eigenvalue weighted by atomic mass is 10.1. The van der Waals surface area contributed by atoms with E-state index >= 15 is 0 Å². The molecule has 6 nitrogen and oxygen atoms in total. The van der Waals surface area contributed by atoms with Gasteiger partial charge in [0.05, 0.1) is 31.9 Å². The molecule has 0 saturated carbocycles. The number of hydrogen-bond acceptors (Lipinski definition) is 6. The summed E-state index contributed by atoms with van der Waals surface area (Å²) in [7, 11) is 4.53. The number of hydrogen-bond donors (Lipinski definition) is 0. The van der Waals surface area contributed by atoms with Crippen molar-refractivity contribution in [3.63, 3.8) is 0 Å². The van der Waals surface area contributed by atoms with E-state index in [4.69, 9.17) is 25.8 Å². The SMILES string of the molecule is COc1cc(/C=C2/SC(=O)N(c3cccc(Cl)c3)C2=O)cc(OC)c1OC. The van der Waals surface area contributed by atoms with E-state index in [0.29, 0.717) is 33.5 Å². The van der Waals surface area contributed by atoms with Crippen LogP contribution in [-0.2, 0) is 4.79 Å². The van der Waals surface area contributed by atoms with Gasteiger partial charge in [-0.05, 0) is 53.7 Å². The Morgan fingerprint density at radius 2 is 1.67 bits per heavy atom. The smallest absolute Gasteiger partial charge is 0.298 e.